The summed E-state index contributed by atoms with van der Waals surface area (Å²) < 4.78 is 4.97. The first-order valence-electron chi connectivity index (χ1n) is 4.68. The smallest absolute Gasteiger partial charge is 0.339 e. The number of hydrogen-bond donors (Lipinski definition) is 1. The molecule has 0 aliphatic carbocycles. The van der Waals surface area contributed by atoms with Crippen molar-refractivity contribution in [2.24, 2.45) is 0 Å². The van der Waals surface area contributed by atoms with Gasteiger partial charge in [0.1, 0.15) is 5.76 Å². The van der Waals surface area contributed by atoms with E-state index >= 15 is 0 Å². The summed E-state index contributed by atoms with van der Waals surface area (Å²) in [7, 11) is 0. The Labute approximate surface area is 83.4 Å². The molecule has 0 radical (unpaired) electrons. The molecule has 0 aromatic heterocycles. The van der Waals surface area contributed by atoms with Crippen LogP contribution in [0.15, 0.2) is 35.6 Å². The van der Waals surface area contributed by atoms with Crippen LogP contribution in [-0.2, 0) is 9.53 Å². The van der Waals surface area contributed by atoms with Crippen LogP contribution in [0.25, 0.3) is 0 Å². The second kappa shape index (κ2) is 5.40. The molecule has 1 N–H and O–H groups in total. The highest BCUT2D eigenvalue weighted by molar-refractivity contribution is 5.92. The monoisotopic (exact) mass is 194 g/mol. The van der Waals surface area contributed by atoms with Gasteiger partial charge in [0.05, 0.1) is 6.61 Å². The quantitative estimate of drug-likeness (QED) is 0.693. The highest BCUT2D eigenvalue weighted by atomic mass is 16.5. The minimum Gasteiger partial charge on any atom is -0.423 e. The number of aliphatic hydroxyl groups excluding tert-OH is 1. The van der Waals surface area contributed by atoms with Crippen LogP contribution in [-0.4, -0.2) is 17.7 Å². The summed E-state index contributed by atoms with van der Waals surface area (Å²) in [6.07, 6.45) is 8.32. The molecule has 1 aliphatic heterocycles. The van der Waals surface area contributed by atoms with Gasteiger partial charge in [0, 0.05) is 5.57 Å². The number of carbonyl (C=O) groups excluding carboxylic acids is 1. The van der Waals surface area contributed by atoms with Crippen LogP contribution in [0.4, 0.5) is 0 Å². The molecule has 0 aromatic rings. The van der Waals surface area contributed by atoms with Gasteiger partial charge in [-0.2, -0.15) is 0 Å². The number of carbonyl (C=O) groups is 1. The number of aliphatic hydroxyl groups is 1. The van der Waals surface area contributed by atoms with Crippen molar-refractivity contribution in [1.82, 2.24) is 0 Å². The van der Waals surface area contributed by atoms with Gasteiger partial charge in [-0.3, -0.25) is 0 Å². The Hall–Kier alpha value is -1.35. The van der Waals surface area contributed by atoms with Crippen LogP contribution in [0.5, 0.6) is 0 Å². The molecule has 0 aromatic carbocycles. The minimum atomic E-state index is -0.254. The zero-order valence-electron chi connectivity index (χ0n) is 8.19. The summed E-state index contributed by atoms with van der Waals surface area (Å²) in [5.74, 6) is 0.290. The second-order valence-corrected chi connectivity index (χ2v) is 2.99. The van der Waals surface area contributed by atoms with E-state index in [0.29, 0.717) is 5.76 Å². The normalized spacial score (nSPS) is 19.1. The zero-order valence-corrected chi connectivity index (χ0v) is 8.19. The van der Waals surface area contributed by atoms with Gasteiger partial charge >= 0.3 is 5.97 Å². The minimum absolute atomic E-state index is 0.0107. The molecule has 0 atom stereocenters. The number of ether oxygens (including phenoxy) is 1. The molecule has 3 heteroatoms. The van der Waals surface area contributed by atoms with Crippen molar-refractivity contribution in [2.75, 3.05) is 6.61 Å². The molecule has 76 valence electrons. The first-order chi connectivity index (χ1) is 6.77. The SMILES string of the molecule is CCCC1=C/C(=C/C=C/CO)OC1=O. The molecule has 14 heavy (non-hydrogen) atoms. The zero-order chi connectivity index (χ0) is 10.4. The highest BCUT2D eigenvalue weighted by Crippen LogP contribution is 2.20. The Kier molecular flexibility index (Phi) is 4.13. The first kappa shape index (κ1) is 10.7. The predicted octanol–water partition coefficient (Wildman–Crippen LogP) is 1.70. The average Bonchev–Trinajstić information content (AvgIpc) is 2.49. The number of esters is 1. The summed E-state index contributed by atoms with van der Waals surface area (Å²) in [5.41, 5.74) is 0.719. The summed E-state index contributed by atoms with van der Waals surface area (Å²) in [4.78, 5) is 11.2. The third-order valence-electron chi connectivity index (χ3n) is 1.81. The van der Waals surface area contributed by atoms with Gasteiger partial charge in [-0.1, -0.05) is 25.5 Å². The van der Waals surface area contributed by atoms with E-state index in [1.54, 1.807) is 24.3 Å². The topological polar surface area (TPSA) is 46.5 Å². The van der Waals surface area contributed by atoms with Crippen molar-refractivity contribution in [3.63, 3.8) is 0 Å². The lowest BCUT2D eigenvalue weighted by Gasteiger charge is -1.94. The number of cyclic esters (lactones) is 1. The molecule has 0 unspecified atom stereocenters. The third kappa shape index (κ3) is 2.85. The number of rotatable bonds is 4. The largest absolute Gasteiger partial charge is 0.423 e. The molecule has 0 fully saturated rings. The average molecular weight is 194 g/mol. The fraction of sp³-hybridized carbons (Fsp3) is 0.364. The molecule has 3 nitrogen and oxygen atoms in total. The maximum atomic E-state index is 11.2. The van der Waals surface area contributed by atoms with Crippen molar-refractivity contribution in [1.29, 1.82) is 0 Å². The Bertz CT molecular complexity index is 298. The van der Waals surface area contributed by atoms with Gasteiger partial charge in [-0.05, 0) is 18.6 Å². The lowest BCUT2D eigenvalue weighted by molar-refractivity contribution is -0.133. The fourth-order valence-electron chi connectivity index (χ4n) is 1.18. The lowest BCUT2D eigenvalue weighted by atomic mass is 10.1. The molecular weight excluding hydrogens is 180 g/mol. The van der Waals surface area contributed by atoms with Gasteiger partial charge in [-0.15, -0.1) is 0 Å². The summed E-state index contributed by atoms with van der Waals surface area (Å²) in [5, 5.41) is 8.49. The van der Waals surface area contributed by atoms with Crippen LogP contribution in [0.1, 0.15) is 19.8 Å². The second-order valence-electron chi connectivity index (χ2n) is 2.99. The Morgan fingerprint density at radius 3 is 3.00 bits per heavy atom. The molecule has 1 heterocycles. The summed E-state index contributed by atoms with van der Waals surface area (Å²) in [6.45, 7) is 2.00. The van der Waals surface area contributed by atoms with E-state index in [0.717, 1.165) is 18.4 Å². The van der Waals surface area contributed by atoms with Gasteiger partial charge in [0.15, 0.2) is 0 Å². The molecule has 0 saturated heterocycles. The van der Waals surface area contributed by atoms with Crippen molar-refractivity contribution >= 4 is 5.97 Å². The van der Waals surface area contributed by atoms with E-state index in [-0.39, 0.29) is 12.6 Å². The van der Waals surface area contributed by atoms with E-state index in [9.17, 15) is 4.79 Å². The van der Waals surface area contributed by atoms with Crippen LogP contribution >= 0.6 is 0 Å². The molecule has 1 aliphatic rings. The fourth-order valence-corrected chi connectivity index (χ4v) is 1.18. The molecule has 1 rings (SSSR count). The van der Waals surface area contributed by atoms with Crippen molar-refractivity contribution in [2.45, 2.75) is 19.8 Å². The van der Waals surface area contributed by atoms with Crippen molar-refractivity contribution in [3.05, 3.63) is 35.6 Å². The Morgan fingerprint density at radius 1 is 1.57 bits per heavy atom. The van der Waals surface area contributed by atoms with Gasteiger partial charge in [-0.25, -0.2) is 4.79 Å². The molecule has 0 bridgehead atoms. The van der Waals surface area contributed by atoms with Gasteiger partial charge in [0.2, 0.25) is 0 Å². The maximum Gasteiger partial charge on any atom is 0.339 e. The van der Waals surface area contributed by atoms with Crippen LogP contribution in [0.3, 0.4) is 0 Å². The predicted molar refractivity (Wildman–Crippen MR) is 53.4 cm³/mol. The van der Waals surface area contributed by atoms with E-state index in [1.807, 2.05) is 6.92 Å². The molecule has 0 spiro atoms. The standard InChI is InChI=1S/C11H14O3/c1-2-5-9-8-10(14-11(9)13)6-3-4-7-12/h3-4,6,8,12H,2,5,7H2,1H3/b4-3+,10-6-. The van der Waals surface area contributed by atoms with Crippen LogP contribution < -0.4 is 0 Å². The molecular formula is C11H14O3. The summed E-state index contributed by atoms with van der Waals surface area (Å²) in [6, 6.07) is 0. The van der Waals surface area contributed by atoms with Gasteiger partial charge in [0.25, 0.3) is 0 Å². The molecule has 0 amide bonds. The van der Waals surface area contributed by atoms with E-state index < -0.39 is 0 Å². The number of allylic oxidation sites excluding steroid dienone is 3. The Morgan fingerprint density at radius 2 is 2.36 bits per heavy atom. The van der Waals surface area contributed by atoms with E-state index in [1.165, 1.54) is 0 Å². The Balaban J connectivity index is 2.64. The molecule has 0 saturated carbocycles. The van der Waals surface area contributed by atoms with E-state index in [4.69, 9.17) is 9.84 Å². The lowest BCUT2D eigenvalue weighted by Crippen LogP contribution is -1.97. The van der Waals surface area contributed by atoms with Crippen molar-refractivity contribution in [3.8, 4) is 0 Å². The maximum absolute atomic E-state index is 11.2. The highest BCUT2D eigenvalue weighted by Gasteiger charge is 2.19. The number of hydrogen-bond acceptors (Lipinski definition) is 3. The van der Waals surface area contributed by atoms with Crippen LogP contribution in [0, 0.1) is 0 Å². The first-order valence-corrected chi connectivity index (χ1v) is 4.68. The van der Waals surface area contributed by atoms with E-state index in [2.05, 4.69) is 0 Å². The van der Waals surface area contributed by atoms with Crippen LogP contribution in [0.2, 0.25) is 0 Å². The van der Waals surface area contributed by atoms with Gasteiger partial charge < -0.3 is 9.84 Å². The summed E-state index contributed by atoms with van der Waals surface area (Å²) >= 11 is 0. The third-order valence-corrected chi connectivity index (χ3v) is 1.81. The van der Waals surface area contributed by atoms with Crippen molar-refractivity contribution < 1.29 is 14.6 Å².